The number of ether oxygens (including phenoxy) is 1. The van der Waals surface area contributed by atoms with Crippen LogP contribution in [-0.2, 0) is 11.3 Å². The van der Waals surface area contributed by atoms with Crippen LogP contribution in [0, 0.1) is 5.92 Å². The van der Waals surface area contributed by atoms with Gasteiger partial charge in [0.05, 0.1) is 6.61 Å². The highest BCUT2D eigenvalue weighted by Crippen LogP contribution is 2.19. The predicted octanol–water partition coefficient (Wildman–Crippen LogP) is 3.27. The third-order valence-electron chi connectivity index (χ3n) is 1.80. The summed E-state index contributed by atoms with van der Waals surface area (Å²) in [5.74, 6) is 0.623. The van der Waals surface area contributed by atoms with Crippen molar-refractivity contribution >= 4 is 27.3 Å². The minimum atomic E-state index is 0.623. The predicted molar refractivity (Wildman–Crippen MR) is 69.4 cm³/mol. The molecule has 0 aliphatic heterocycles. The van der Waals surface area contributed by atoms with Crippen LogP contribution >= 0.6 is 27.3 Å². The number of thiophene rings is 1. The van der Waals surface area contributed by atoms with E-state index in [1.54, 1.807) is 11.3 Å². The Labute approximate surface area is 104 Å². The highest BCUT2D eigenvalue weighted by atomic mass is 79.9. The van der Waals surface area contributed by atoms with Crippen molar-refractivity contribution in [2.45, 2.75) is 20.4 Å². The van der Waals surface area contributed by atoms with Crippen molar-refractivity contribution in [3.05, 3.63) is 20.8 Å². The molecular formula is C11H18BrNOS. The monoisotopic (exact) mass is 291 g/mol. The van der Waals surface area contributed by atoms with Crippen LogP contribution in [0.1, 0.15) is 18.7 Å². The van der Waals surface area contributed by atoms with Gasteiger partial charge in [-0.1, -0.05) is 13.8 Å². The summed E-state index contributed by atoms with van der Waals surface area (Å²) in [4.78, 5) is 1.35. The Morgan fingerprint density at radius 3 is 2.93 bits per heavy atom. The summed E-state index contributed by atoms with van der Waals surface area (Å²) in [6.07, 6.45) is 0. The average molecular weight is 292 g/mol. The second kappa shape index (κ2) is 7.39. The van der Waals surface area contributed by atoms with E-state index in [0.717, 1.165) is 26.3 Å². The molecule has 2 nitrogen and oxygen atoms in total. The van der Waals surface area contributed by atoms with E-state index in [0.29, 0.717) is 5.92 Å². The molecule has 0 aromatic carbocycles. The first-order chi connectivity index (χ1) is 7.18. The molecule has 86 valence electrons. The first-order valence-corrected chi connectivity index (χ1v) is 6.87. The van der Waals surface area contributed by atoms with Crippen molar-refractivity contribution in [3.63, 3.8) is 0 Å². The van der Waals surface area contributed by atoms with E-state index in [4.69, 9.17) is 4.74 Å². The molecule has 1 N–H and O–H groups in total. The summed E-state index contributed by atoms with van der Waals surface area (Å²) < 4.78 is 6.64. The van der Waals surface area contributed by atoms with Crippen LogP contribution in [0.3, 0.4) is 0 Å². The van der Waals surface area contributed by atoms with Crippen LogP contribution in [0.25, 0.3) is 0 Å². The molecule has 0 atom stereocenters. The summed E-state index contributed by atoms with van der Waals surface area (Å²) in [7, 11) is 0. The van der Waals surface area contributed by atoms with Gasteiger partial charge in [-0.2, -0.15) is 0 Å². The Morgan fingerprint density at radius 2 is 2.33 bits per heavy atom. The van der Waals surface area contributed by atoms with E-state index in [-0.39, 0.29) is 0 Å². The first kappa shape index (κ1) is 13.2. The third kappa shape index (κ3) is 6.30. The Morgan fingerprint density at radius 1 is 1.53 bits per heavy atom. The van der Waals surface area contributed by atoms with Crippen molar-refractivity contribution in [2.75, 3.05) is 19.8 Å². The molecule has 0 saturated heterocycles. The molecule has 15 heavy (non-hydrogen) atoms. The SMILES string of the molecule is CC(C)COCCNCc1cc(Br)cs1. The normalized spacial score (nSPS) is 11.2. The lowest BCUT2D eigenvalue weighted by Gasteiger charge is -2.07. The summed E-state index contributed by atoms with van der Waals surface area (Å²) in [6, 6.07) is 2.15. The van der Waals surface area contributed by atoms with Gasteiger partial charge >= 0.3 is 0 Å². The van der Waals surface area contributed by atoms with Gasteiger partial charge in [-0.3, -0.25) is 0 Å². The van der Waals surface area contributed by atoms with E-state index < -0.39 is 0 Å². The van der Waals surface area contributed by atoms with E-state index in [1.807, 2.05) is 0 Å². The Kier molecular flexibility index (Phi) is 6.48. The lowest BCUT2D eigenvalue weighted by atomic mass is 10.2. The molecule has 0 unspecified atom stereocenters. The zero-order valence-electron chi connectivity index (χ0n) is 9.25. The molecule has 0 amide bonds. The molecule has 0 saturated carbocycles. The second-order valence-electron chi connectivity index (χ2n) is 3.88. The fraction of sp³-hybridized carbons (Fsp3) is 0.636. The minimum absolute atomic E-state index is 0.623. The maximum Gasteiger partial charge on any atom is 0.0591 e. The summed E-state index contributed by atoms with van der Waals surface area (Å²) in [5, 5.41) is 5.46. The molecule has 1 aromatic heterocycles. The van der Waals surface area contributed by atoms with Crippen molar-refractivity contribution in [2.24, 2.45) is 5.92 Å². The van der Waals surface area contributed by atoms with Crippen LogP contribution in [0.2, 0.25) is 0 Å². The smallest absolute Gasteiger partial charge is 0.0591 e. The average Bonchev–Trinajstić information content (AvgIpc) is 2.57. The number of hydrogen-bond acceptors (Lipinski definition) is 3. The molecule has 1 aromatic rings. The fourth-order valence-electron chi connectivity index (χ4n) is 1.12. The molecule has 0 bridgehead atoms. The van der Waals surface area contributed by atoms with Gasteiger partial charge in [-0.05, 0) is 27.9 Å². The van der Waals surface area contributed by atoms with E-state index >= 15 is 0 Å². The molecule has 0 spiro atoms. The molecule has 1 heterocycles. The van der Waals surface area contributed by atoms with Crippen LogP contribution in [0.5, 0.6) is 0 Å². The maximum absolute atomic E-state index is 5.47. The highest BCUT2D eigenvalue weighted by molar-refractivity contribution is 9.10. The zero-order chi connectivity index (χ0) is 11.1. The van der Waals surface area contributed by atoms with Crippen LogP contribution in [0.15, 0.2) is 15.9 Å². The first-order valence-electron chi connectivity index (χ1n) is 5.20. The van der Waals surface area contributed by atoms with Crippen molar-refractivity contribution in [1.29, 1.82) is 0 Å². The van der Waals surface area contributed by atoms with Crippen LogP contribution in [-0.4, -0.2) is 19.8 Å². The van der Waals surface area contributed by atoms with E-state index in [9.17, 15) is 0 Å². The van der Waals surface area contributed by atoms with Crippen molar-refractivity contribution in [3.8, 4) is 0 Å². The topological polar surface area (TPSA) is 21.3 Å². The lowest BCUT2D eigenvalue weighted by Crippen LogP contribution is -2.19. The van der Waals surface area contributed by atoms with E-state index in [1.165, 1.54) is 9.35 Å². The van der Waals surface area contributed by atoms with Gasteiger partial charge in [0.15, 0.2) is 0 Å². The van der Waals surface area contributed by atoms with Crippen molar-refractivity contribution < 1.29 is 4.74 Å². The van der Waals surface area contributed by atoms with Crippen LogP contribution in [0.4, 0.5) is 0 Å². The Bertz CT molecular complexity index is 275. The van der Waals surface area contributed by atoms with Gasteiger partial charge in [-0.15, -0.1) is 11.3 Å². The standard InChI is InChI=1S/C11H18BrNOS/c1-9(2)7-14-4-3-13-6-11-5-10(12)8-15-11/h5,8-9,13H,3-4,6-7H2,1-2H3. The number of nitrogens with one attached hydrogen (secondary N) is 1. The maximum atomic E-state index is 5.47. The minimum Gasteiger partial charge on any atom is -0.380 e. The summed E-state index contributed by atoms with van der Waals surface area (Å²) in [5.41, 5.74) is 0. The molecule has 1 rings (SSSR count). The summed E-state index contributed by atoms with van der Waals surface area (Å²) in [6.45, 7) is 7.83. The molecule has 0 aliphatic carbocycles. The van der Waals surface area contributed by atoms with Gasteiger partial charge in [0.25, 0.3) is 0 Å². The number of rotatable bonds is 7. The van der Waals surface area contributed by atoms with Gasteiger partial charge in [0.2, 0.25) is 0 Å². The molecule has 0 radical (unpaired) electrons. The second-order valence-corrected chi connectivity index (χ2v) is 5.79. The quantitative estimate of drug-likeness (QED) is 0.779. The van der Waals surface area contributed by atoms with Gasteiger partial charge < -0.3 is 10.1 Å². The Balaban J connectivity index is 1.98. The fourth-order valence-corrected chi connectivity index (χ4v) is 2.54. The van der Waals surface area contributed by atoms with Gasteiger partial charge in [0.1, 0.15) is 0 Å². The Hall–Kier alpha value is 0.1000. The molecule has 4 heteroatoms. The zero-order valence-corrected chi connectivity index (χ0v) is 11.7. The number of halogens is 1. The van der Waals surface area contributed by atoms with E-state index in [2.05, 4.69) is 46.5 Å². The largest absolute Gasteiger partial charge is 0.380 e. The summed E-state index contributed by atoms with van der Waals surface area (Å²) >= 11 is 5.21. The van der Waals surface area contributed by atoms with Crippen molar-refractivity contribution in [1.82, 2.24) is 5.32 Å². The molecule has 0 fully saturated rings. The third-order valence-corrected chi connectivity index (χ3v) is 3.49. The highest BCUT2D eigenvalue weighted by Gasteiger charge is 1.97. The lowest BCUT2D eigenvalue weighted by molar-refractivity contribution is 0.111. The molecule has 0 aliphatic rings. The molecular weight excluding hydrogens is 274 g/mol. The van der Waals surface area contributed by atoms with Gasteiger partial charge in [-0.25, -0.2) is 0 Å². The number of hydrogen-bond donors (Lipinski definition) is 1. The van der Waals surface area contributed by atoms with Gasteiger partial charge in [0, 0.05) is 34.4 Å². The van der Waals surface area contributed by atoms with Crippen LogP contribution < -0.4 is 5.32 Å².